The van der Waals surface area contributed by atoms with Crippen LogP contribution < -0.4 is 0 Å². The lowest BCUT2D eigenvalue weighted by molar-refractivity contribution is -0.127. The molecule has 0 aromatic rings. The van der Waals surface area contributed by atoms with E-state index in [0.717, 1.165) is 25.2 Å². The van der Waals surface area contributed by atoms with Crippen molar-refractivity contribution in [3.05, 3.63) is 0 Å². The molecule has 130 valence electrons. The van der Waals surface area contributed by atoms with Gasteiger partial charge in [0, 0.05) is 12.3 Å². The summed E-state index contributed by atoms with van der Waals surface area (Å²) in [5, 5.41) is 9.71. The minimum Gasteiger partial charge on any atom is -0.393 e. The number of ketones is 1. The van der Waals surface area contributed by atoms with Crippen molar-refractivity contribution < 1.29 is 9.90 Å². The molecule has 5 atom stereocenters. The monoisotopic (exact) mass is 310 g/mol. The van der Waals surface area contributed by atoms with Crippen LogP contribution in [-0.2, 0) is 4.79 Å². The summed E-state index contributed by atoms with van der Waals surface area (Å²) >= 11 is 0. The predicted molar refractivity (Wildman–Crippen MR) is 93.7 cm³/mol. The van der Waals surface area contributed by atoms with Gasteiger partial charge in [0.15, 0.2) is 0 Å². The smallest absolute Gasteiger partial charge is 0.136 e. The molecule has 0 bridgehead atoms. The Kier molecular flexibility index (Phi) is 8.10. The van der Waals surface area contributed by atoms with E-state index in [9.17, 15) is 9.90 Å². The number of Topliss-reactive ketones (excluding diaryl/α,β-unsaturated/α-hetero) is 1. The molecule has 2 aliphatic rings. The highest BCUT2D eigenvalue weighted by atomic mass is 16.3. The van der Waals surface area contributed by atoms with E-state index in [1.165, 1.54) is 19.3 Å². The molecule has 0 aromatic carbocycles. The number of aliphatic hydroxyl groups is 1. The second-order valence-corrected chi connectivity index (χ2v) is 8.60. The third kappa shape index (κ3) is 6.02. The molecule has 22 heavy (non-hydrogen) atoms. The summed E-state index contributed by atoms with van der Waals surface area (Å²) in [7, 11) is 0. The first-order valence-electron chi connectivity index (χ1n) is 9.43. The molecule has 0 amide bonds. The molecule has 2 saturated carbocycles. The van der Waals surface area contributed by atoms with E-state index in [1.54, 1.807) is 0 Å². The number of carbonyl (C=O) groups is 1. The van der Waals surface area contributed by atoms with Crippen molar-refractivity contribution in [1.82, 2.24) is 0 Å². The van der Waals surface area contributed by atoms with Crippen LogP contribution >= 0.6 is 0 Å². The van der Waals surface area contributed by atoms with E-state index in [-0.39, 0.29) is 6.10 Å². The van der Waals surface area contributed by atoms with Gasteiger partial charge in [0.1, 0.15) is 5.78 Å². The van der Waals surface area contributed by atoms with Gasteiger partial charge in [-0.1, -0.05) is 48.0 Å². The molecule has 1 N–H and O–H groups in total. The fourth-order valence-electron chi connectivity index (χ4n) is 4.08. The lowest BCUT2D eigenvalue weighted by atomic mass is 9.75. The topological polar surface area (TPSA) is 37.3 Å². The van der Waals surface area contributed by atoms with Crippen LogP contribution in [0.25, 0.3) is 0 Å². The molecule has 0 aliphatic heterocycles. The average molecular weight is 311 g/mol. The minimum absolute atomic E-state index is 0.0289. The maximum absolute atomic E-state index is 11.4. The first-order valence-corrected chi connectivity index (χ1v) is 9.43. The molecule has 0 unspecified atom stereocenters. The third-order valence-corrected chi connectivity index (χ3v) is 5.73. The zero-order valence-corrected chi connectivity index (χ0v) is 15.6. The molecule has 2 aliphatic carbocycles. The van der Waals surface area contributed by atoms with Crippen LogP contribution in [0.3, 0.4) is 0 Å². The van der Waals surface area contributed by atoms with Gasteiger partial charge in [-0.15, -0.1) is 0 Å². The van der Waals surface area contributed by atoms with Crippen molar-refractivity contribution in [2.45, 2.75) is 86.2 Å². The molecular formula is C20H38O2. The van der Waals surface area contributed by atoms with Crippen molar-refractivity contribution in [2.24, 2.45) is 35.5 Å². The third-order valence-electron chi connectivity index (χ3n) is 5.73. The Balaban J connectivity index is 0.000000220. The van der Waals surface area contributed by atoms with Gasteiger partial charge in [-0.3, -0.25) is 4.79 Å². The lowest BCUT2D eigenvalue weighted by Gasteiger charge is -2.33. The molecule has 0 spiro atoms. The van der Waals surface area contributed by atoms with Crippen molar-refractivity contribution in [2.75, 3.05) is 0 Å². The van der Waals surface area contributed by atoms with Crippen LogP contribution in [0.1, 0.15) is 80.1 Å². The summed E-state index contributed by atoms with van der Waals surface area (Å²) in [6, 6.07) is 0. The van der Waals surface area contributed by atoms with Crippen LogP contribution in [0.5, 0.6) is 0 Å². The summed E-state index contributed by atoms with van der Waals surface area (Å²) in [5.74, 6) is 4.00. The molecule has 2 rings (SSSR count). The van der Waals surface area contributed by atoms with E-state index in [0.29, 0.717) is 35.4 Å². The predicted octanol–water partition coefficient (Wildman–Crippen LogP) is 5.09. The fraction of sp³-hybridized carbons (Fsp3) is 0.950. The zero-order valence-electron chi connectivity index (χ0n) is 15.6. The Bertz CT molecular complexity index is 335. The first kappa shape index (κ1) is 19.7. The second kappa shape index (κ2) is 9.05. The SMILES string of the molecule is CC(C)[C@@H]1CC[C@@H](C)CC1=O.CC(C)[C@@H]1CC[C@@H](C)C[C@H]1O. The van der Waals surface area contributed by atoms with E-state index in [4.69, 9.17) is 0 Å². The van der Waals surface area contributed by atoms with E-state index >= 15 is 0 Å². The summed E-state index contributed by atoms with van der Waals surface area (Å²) in [5.41, 5.74) is 0. The quantitative estimate of drug-likeness (QED) is 0.771. The van der Waals surface area contributed by atoms with E-state index < -0.39 is 0 Å². The van der Waals surface area contributed by atoms with E-state index in [1.807, 2.05) is 0 Å². The lowest BCUT2D eigenvalue weighted by Crippen LogP contribution is -2.31. The number of aliphatic hydroxyl groups excluding tert-OH is 1. The zero-order chi connectivity index (χ0) is 16.9. The Labute approximate surface area is 138 Å². The number of hydrogen-bond acceptors (Lipinski definition) is 2. The van der Waals surface area contributed by atoms with Crippen molar-refractivity contribution >= 4 is 5.78 Å². The van der Waals surface area contributed by atoms with Crippen LogP contribution in [-0.4, -0.2) is 17.0 Å². The fourth-order valence-corrected chi connectivity index (χ4v) is 4.08. The Morgan fingerprint density at radius 1 is 0.909 bits per heavy atom. The Morgan fingerprint density at radius 3 is 1.95 bits per heavy atom. The molecule has 0 saturated heterocycles. The van der Waals surface area contributed by atoms with Crippen molar-refractivity contribution in [3.8, 4) is 0 Å². The summed E-state index contributed by atoms with van der Waals surface area (Å²) < 4.78 is 0. The van der Waals surface area contributed by atoms with Gasteiger partial charge in [-0.05, 0) is 55.3 Å². The maximum Gasteiger partial charge on any atom is 0.136 e. The molecule has 0 radical (unpaired) electrons. The highest BCUT2D eigenvalue weighted by molar-refractivity contribution is 5.82. The van der Waals surface area contributed by atoms with Crippen LogP contribution in [0.15, 0.2) is 0 Å². The van der Waals surface area contributed by atoms with E-state index in [2.05, 4.69) is 41.5 Å². The van der Waals surface area contributed by atoms with Gasteiger partial charge in [0.25, 0.3) is 0 Å². The summed E-state index contributed by atoms with van der Waals surface area (Å²) in [4.78, 5) is 11.4. The minimum atomic E-state index is -0.0289. The standard InChI is InChI=1S/C10H20O.C10H18O/c2*1-7(2)9-5-4-8(3)6-10(9)11/h7-11H,4-6H2,1-3H3;7-9H,4-6H2,1-3H3/t8-,9+,10-;8-,9+/m11/s1. The largest absolute Gasteiger partial charge is 0.393 e. The average Bonchev–Trinajstić information content (AvgIpc) is 2.38. The van der Waals surface area contributed by atoms with Crippen LogP contribution in [0.2, 0.25) is 0 Å². The molecule has 2 fully saturated rings. The molecule has 2 heteroatoms. The maximum atomic E-state index is 11.4. The highest BCUT2D eigenvalue weighted by Gasteiger charge is 2.29. The highest BCUT2D eigenvalue weighted by Crippen LogP contribution is 2.33. The summed E-state index contributed by atoms with van der Waals surface area (Å²) in [6.07, 6.45) is 6.71. The number of carbonyl (C=O) groups excluding carboxylic acids is 1. The number of rotatable bonds is 2. The van der Waals surface area contributed by atoms with Gasteiger partial charge in [-0.2, -0.15) is 0 Å². The molecule has 2 nitrogen and oxygen atoms in total. The second-order valence-electron chi connectivity index (χ2n) is 8.60. The molecule has 0 aromatic heterocycles. The molecular weight excluding hydrogens is 272 g/mol. The van der Waals surface area contributed by atoms with Crippen molar-refractivity contribution in [3.63, 3.8) is 0 Å². The van der Waals surface area contributed by atoms with Gasteiger partial charge in [-0.25, -0.2) is 0 Å². The Hall–Kier alpha value is -0.370. The first-order chi connectivity index (χ1) is 10.2. The van der Waals surface area contributed by atoms with Gasteiger partial charge >= 0.3 is 0 Å². The van der Waals surface area contributed by atoms with Crippen LogP contribution in [0.4, 0.5) is 0 Å². The number of hydrogen-bond donors (Lipinski definition) is 1. The Morgan fingerprint density at radius 2 is 1.50 bits per heavy atom. The van der Waals surface area contributed by atoms with Crippen LogP contribution in [0, 0.1) is 35.5 Å². The van der Waals surface area contributed by atoms with Gasteiger partial charge in [0.2, 0.25) is 0 Å². The van der Waals surface area contributed by atoms with Crippen molar-refractivity contribution in [1.29, 1.82) is 0 Å². The van der Waals surface area contributed by atoms with Gasteiger partial charge < -0.3 is 5.11 Å². The van der Waals surface area contributed by atoms with Gasteiger partial charge in [0.05, 0.1) is 6.10 Å². The normalized spacial score (nSPS) is 36.2. The molecule has 0 heterocycles. The summed E-state index contributed by atoms with van der Waals surface area (Å²) in [6.45, 7) is 13.1.